The van der Waals surface area contributed by atoms with E-state index >= 15 is 0 Å². The number of carbonyl (C=O) groups is 1. The number of hydrogen-bond acceptors (Lipinski definition) is 4. The molecular formula is C26H31N3O3. The summed E-state index contributed by atoms with van der Waals surface area (Å²) in [5, 5.41) is 3.16. The summed E-state index contributed by atoms with van der Waals surface area (Å²) in [6, 6.07) is 15.5. The fourth-order valence-corrected chi connectivity index (χ4v) is 4.21. The van der Waals surface area contributed by atoms with E-state index in [-0.39, 0.29) is 11.9 Å². The van der Waals surface area contributed by atoms with Crippen molar-refractivity contribution in [1.29, 1.82) is 0 Å². The minimum absolute atomic E-state index is 0.0177. The molecule has 4 rings (SSSR count). The van der Waals surface area contributed by atoms with Gasteiger partial charge in [-0.2, -0.15) is 0 Å². The summed E-state index contributed by atoms with van der Waals surface area (Å²) in [7, 11) is 3.57. The van der Waals surface area contributed by atoms with Crippen LogP contribution in [0, 0.1) is 0 Å². The first kappa shape index (κ1) is 21.9. The molecule has 32 heavy (non-hydrogen) atoms. The van der Waals surface area contributed by atoms with Crippen LogP contribution in [0.4, 0.5) is 0 Å². The minimum atomic E-state index is -0.328. The molecule has 0 spiro atoms. The Morgan fingerprint density at radius 2 is 1.94 bits per heavy atom. The minimum Gasteiger partial charge on any atom is -0.497 e. The van der Waals surface area contributed by atoms with Gasteiger partial charge in [0.2, 0.25) is 5.91 Å². The van der Waals surface area contributed by atoms with E-state index in [4.69, 9.17) is 9.47 Å². The molecular weight excluding hydrogens is 402 g/mol. The van der Waals surface area contributed by atoms with Gasteiger partial charge in [0.25, 0.3) is 0 Å². The maximum absolute atomic E-state index is 12.9. The number of nitrogens with zero attached hydrogens (tertiary/aromatic N) is 2. The molecule has 6 nitrogen and oxygen atoms in total. The van der Waals surface area contributed by atoms with Crippen molar-refractivity contribution >= 4 is 5.91 Å². The summed E-state index contributed by atoms with van der Waals surface area (Å²) >= 11 is 0. The summed E-state index contributed by atoms with van der Waals surface area (Å²) < 4.78 is 13.3. The molecule has 1 amide bonds. The number of amides is 1. The third-order valence-electron chi connectivity index (χ3n) is 6.02. The molecule has 0 bridgehead atoms. The summed E-state index contributed by atoms with van der Waals surface area (Å²) in [5.41, 5.74) is 2.06. The number of hydrogen-bond donors (Lipinski definition) is 1. The lowest BCUT2D eigenvalue weighted by Gasteiger charge is -2.19. The highest BCUT2D eigenvalue weighted by atomic mass is 16.5. The van der Waals surface area contributed by atoms with Gasteiger partial charge in [-0.15, -0.1) is 0 Å². The van der Waals surface area contributed by atoms with Crippen LogP contribution in [0.2, 0.25) is 0 Å². The van der Waals surface area contributed by atoms with Gasteiger partial charge in [-0.25, -0.2) is 4.98 Å². The highest BCUT2D eigenvalue weighted by molar-refractivity contribution is 5.77. The quantitative estimate of drug-likeness (QED) is 0.536. The molecule has 1 atom stereocenters. The number of aromatic nitrogens is 2. The molecule has 0 radical (unpaired) electrons. The van der Waals surface area contributed by atoms with Gasteiger partial charge in [0.05, 0.1) is 13.2 Å². The number of methoxy groups -OCH3 is 1. The predicted octanol–water partition coefficient (Wildman–Crippen LogP) is 4.59. The van der Waals surface area contributed by atoms with Gasteiger partial charge >= 0.3 is 0 Å². The SMILES string of the molecule is COc1ccc(C(NC(=O)CCc2cccc(OC3CCCC3)c2)c2nccn2C)cc1. The maximum atomic E-state index is 12.9. The first-order valence-corrected chi connectivity index (χ1v) is 11.3. The van der Waals surface area contributed by atoms with Crippen LogP contribution >= 0.6 is 0 Å². The van der Waals surface area contributed by atoms with Crippen molar-refractivity contribution < 1.29 is 14.3 Å². The summed E-state index contributed by atoms with van der Waals surface area (Å²) in [4.78, 5) is 17.4. The van der Waals surface area contributed by atoms with Crippen LogP contribution in [0.15, 0.2) is 60.9 Å². The van der Waals surface area contributed by atoms with Crippen LogP contribution in [0.25, 0.3) is 0 Å². The van der Waals surface area contributed by atoms with Gasteiger partial charge in [-0.05, 0) is 67.5 Å². The molecule has 1 saturated carbocycles. The second-order valence-electron chi connectivity index (χ2n) is 8.34. The Labute approximate surface area is 189 Å². The van der Waals surface area contributed by atoms with E-state index in [0.29, 0.717) is 18.9 Å². The third kappa shape index (κ3) is 5.49. The van der Waals surface area contributed by atoms with Crippen molar-refractivity contribution in [1.82, 2.24) is 14.9 Å². The molecule has 1 N–H and O–H groups in total. The van der Waals surface area contributed by atoms with Crippen molar-refractivity contribution in [2.45, 2.75) is 50.7 Å². The van der Waals surface area contributed by atoms with Crippen LogP contribution in [0.5, 0.6) is 11.5 Å². The Bertz CT molecular complexity index is 1020. The second kappa shape index (κ2) is 10.4. The lowest BCUT2D eigenvalue weighted by atomic mass is 10.0. The van der Waals surface area contributed by atoms with E-state index in [1.807, 2.05) is 54.2 Å². The van der Waals surface area contributed by atoms with Crippen LogP contribution in [-0.2, 0) is 18.3 Å². The molecule has 1 heterocycles. The monoisotopic (exact) mass is 433 g/mol. The smallest absolute Gasteiger partial charge is 0.221 e. The van der Waals surface area contributed by atoms with Gasteiger partial charge in [0.1, 0.15) is 23.4 Å². The average Bonchev–Trinajstić information content (AvgIpc) is 3.48. The molecule has 2 aromatic carbocycles. The summed E-state index contributed by atoms with van der Waals surface area (Å²) in [6.45, 7) is 0. The van der Waals surface area contributed by atoms with Gasteiger partial charge in [0, 0.05) is 25.9 Å². The molecule has 1 aromatic heterocycles. The zero-order valence-electron chi connectivity index (χ0n) is 18.8. The fourth-order valence-electron chi connectivity index (χ4n) is 4.21. The number of ether oxygens (including phenoxy) is 2. The lowest BCUT2D eigenvalue weighted by Crippen LogP contribution is -2.31. The highest BCUT2D eigenvalue weighted by Gasteiger charge is 2.21. The summed E-state index contributed by atoms with van der Waals surface area (Å²) in [5.74, 6) is 2.45. The van der Waals surface area contributed by atoms with Crippen LogP contribution in [-0.4, -0.2) is 28.7 Å². The van der Waals surface area contributed by atoms with E-state index in [1.165, 1.54) is 12.8 Å². The number of imidazole rings is 1. The Balaban J connectivity index is 1.40. The number of rotatable bonds is 9. The van der Waals surface area contributed by atoms with Gasteiger partial charge in [0.15, 0.2) is 0 Å². The topological polar surface area (TPSA) is 65.4 Å². The van der Waals surface area contributed by atoms with Crippen LogP contribution < -0.4 is 14.8 Å². The molecule has 1 unspecified atom stereocenters. The highest BCUT2D eigenvalue weighted by Crippen LogP contribution is 2.26. The Kier molecular flexibility index (Phi) is 7.10. The predicted molar refractivity (Wildman–Crippen MR) is 124 cm³/mol. The average molecular weight is 434 g/mol. The molecule has 6 heteroatoms. The largest absolute Gasteiger partial charge is 0.497 e. The summed E-state index contributed by atoms with van der Waals surface area (Å²) in [6.07, 6.45) is 9.76. The standard InChI is InChI=1S/C26H31N3O3/c1-29-17-16-27-26(29)25(20-11-13-21(31-2)14-12-20)28-24(30)15-10-19-6-5-9-23(18-19)32-22-7-3-4-8-22/h5-6,9,11-14,16-18,22,25H,3-4,7-8,10,15H2,1-2H3,(H,28,30). The van der Waals surface area contributed by atoms with Crippen molar-refractivity contribution in [3.05, 3.63) is 77.9 Å². The Morgan fingerprint density at radius 1 is 1.16 bits per heavy atom. The number of nitrogens with one attached hydrogen (secondary N) is 1. The number of benzene rings is 2. The van der Waals surface area contributed by atoms with E-state index in [1.54, 1.807) is 13.3 Å². The van der Waals surface area contributed by atoms with Crippen LogP contribution in [0.3, 0.4) is 0 Å². The molecule has 0 saturated heterocycles. The van der Waals surface area contributed by atoms with E-state index in [9.17, 15) is 4.79 Å². The molecule has 168 valence electrons. The van der Waals surface area contributed by atoms with Crippen LogP contribution in [0.1, 0.15) is 55.1 Å². The normalized spacial score (nSPS) is 14.8. The van der Waals surface area contributed by atoms with Gasteiger partial charge in [-0.1, -0.05) is 24.3 Å². The van der Waals surface area contributed by atoms with Crippen molar-refractivity contribution in [2.24, 2.45) is 7.05 Å². The Morgan fingerprint density at radius 3 is 2.62 bits per heavy atom. The Hall–Kier alpha value is -3.28. The molecule has 1 fully saturated rings. The van der Waals surface area contributed by atoms with E-state index in [0.717, 1.165) is 41.3 Å². The van der Waals surface area contributed by atoms with E-state index in [2.05, 4.69) is 22.4 Å². The third-order valence-corrected chi connectivity index (χ3v) is 6.02. The zero-order chi connectivity index (χ0) is 22.3. The fraction of sp³-hybridized carbons (Fsp3) is 0.385. The van der Waals surface area contributed by atoms with Gasteiger partial charge < -0.3 is 19.4 Å². The first-order valence-electron chi connectivity index (χ1n) is 11.3. The van der Waals surface area contributed by atoms with Crippen molar-refractivity contribution in [3.63, 3.8) is 0 Å². The molecule has 1 aliphatic rings. The van der Waals surface area contributed by atoms with Gasteiger partial charge in [-0.3, -0.25) is 4.79 Å². The van der Waals surface area contributed by atoms with Crippen molar-refractivity contribution in [3.8, 4) is 11.5 Å². The molecule has 1 aliphatic carbocycles. The second-order valence-corrected chi connectivity index (χ2v) is 8.34. The number of aryl methyl sites for hydroxylation is 2. The molecule has 3 aromatic rings. The first-order chi connectivity index (χ1) is 15.6. The number of carbonyl (C=O) groups excluding carboxylic acids is 1. The zero-order valence-corrected chi connectivity index (χ0v) is 18.8. The lowest BCUT2D eigenvalue weighted by molar-refractivity contribution is -0.121. The van der Waals surface area contributed by atoms with E-state index < -0.39 is 0 Å². The van der Waals surface area contributed by atoms with Crippen molar-refractivity contribution in [2.75, 3.05) is 7.11 Å². The molecule has 0 aliphatic heterocycles. The maximum Gasteiger partial charge on any atom is 0.221 e.